The van der Waals surface area contributed by atoms with Gasteiger partial charge in [-0.15, -0.1) is 0 Å². The number of piperazine rings is 1. The van der Waals surface area contributed by atoms with Crippen molar-refractivity contribution in [3.63, 3.8) is 0 Å². The summed E-state index contributed by atoms with van der Waals surface area (Å²) < 4.78 is 0. The molecule has 1 rings (SSSR count). The molecular weight excluding hydrogens is 250 g/mol. The molecule has 4 heteroatoms. The van der Waals surface area contributed by atoms with E-state index in [2.05, 4.69) is 28.9 Å². The first-order valence-electron chi connectivity index (χ1n) is 7.25. The average molecular weight is 277 g/mol. The van der Waals surface area contributed by atoms with Gasteiger partial charge in [0.05, 0.1) is 6.54 Å². The quantitative estimate of drug-likeness (QED) is 0.695. The van der Waals surface area contributed by atoms with Crippen LogP contribution in [0.3, 0.4) is 0 Å². The maximum Gasteiger partial charge on any atom is 0.234 e. The largest absolute Gasteiger partial charge is 0.354 e. The van der Waals surface area contributed by atoms with Crippen LogP contribution in [0.4, 0.5) is 0 Å². The van der Waals surface area contributed by atoms with Crippen molar-refractivity contribution in [2.75, 3.05) is 26.2 Å². The molecule has 0 aromatic rings. The number of allylic oxidation sites excluding steroid dienone is 5. The molecule has 0 aromatic carbocycles. The number of hydrogen-bond donors (Lipinski definition) is 2. The maximum atomic E-state index is 11.3. The maximum absolute atomic E-state index is 11.3. The Labute approximate surface area is 122 Å². The van der Waals surface area contributed by atoms with Gasteiger partial charge in [0, 0.05) is 25.7 Å². The number of nitrogens with one attached hydrogen (secondary N) is 1. The fourth-order valence-electron chi connectivity index (χ4n) is 2.27. The minimum absolute atomic E-state index is 0.0992. The van der Waals surface area contributed by atoms with E-state index in [1.807, 2.05) is 19.9 Å². The molecular formula is C16H27N3O. The lowest BCUT2D eigenvalue weighted by atomic mass is 10.0. The summed E-state index contributed by atoms with van der Waals surface area (Å²) in [6.45, 7) is 10.7. The normalized spacial score (nSPS) is 19.6. The molecule has 20 heavy (non-hydrogen) atoms. The molecule has 1 saturated heterocycles. The van der Waals surface area contributed by atoms with E-state index in [1.165, 1.54) is 11.1 Å². The number of amides is 1. The number of nitrogens with zero attached hydrogens (tertiary/aromatic N) is 1. The summed E-state index contributed by atoms with van der Waals surface area (Å²) in [5.74, 6) is 0.0992. The lowest BCUT2D eigenvalue weighted by Crippen LogP contribution is -2.50. The van der Waals surface area contributed by atoms with E-state index in [-0.39, 0.29) is 11.9 Å². The van der Waals surface area contributed by atoms with Crippen molar-refractivity contribution in [1.29, 1.82) is 0 Å². The second-order valence-corrected chi connectivity index (χ2v) is 5.34. The van der Waals surface area contributed by atoms with Crippen LogP contribution < -0.4 is 11.1 Å². The smallest absolute Gasteiger partial charge is 0.234 e. The molecule has 112 valence electrons. The summed E-state index contributed by atoms with van der Waals surface area (Å²) in [6.07, 6.45) is 8.01. The fraction of sp³-hybridized carbons (Fsp3) is 0.562. The molecule has 1 aliphatic rings. The molecule has 1 amide bonds. The van der Waals surface area contributed by atoms with E-state index < -0.39 is 0 Å². The topological polar surface area (TPSA) is 58.4 Å². The Morgan fingerprint density at radius 2 is 2.35 bits per heavy atom. The molecule has 0 spiro atoms. The van der Waals surface area contributed by atoms with Crippen molar-refractivity contribution in [1.82, 2.24) is 10.2 Å². The van der Waals surface area contributed by atoms with Gasteiger partial charge in [0.25, 0.3) is 0 Å². The third-order valence-electron chi connectivity index (χ3n) is 3.52. The highest BCUT2D eigenvalue weighted by molar-refractivity contribution is 5.78. The third kappa shape index (κ3) is 6.17. The van der Waals surface area contributed by atoms with Crippen LogP contribution in [0.2, 0.25) is 0 Å². The Balaban J connectivity index is 2.36. The van der Waals surface area contributed by atoms with Gasteiger partial charge in [0.2, 0.25) is 5.91 Å². The lowest BCUT2D eigenvalue weighted by molar-refractivity contribution is -0.124. The minimum atomic E-state index is 0.0992. The first-order chi connectivity index (χ1) is 9.55. The van der Waals surface area contributed by atoms with Crippen LogP contribution in [-0.4, -0.2) is 43.0 Å². The van der Waals surface area contributed by atoms with Crippen LogP contribution in [0.5, 0.6) is 0 Å². The molecule has 0 aliphatic carbocycles. The highest BCUT2D eigenvalue weighted by atomic mass is 16.2. The molecule has 0 bridgehead atoms. The molecule has 4 nitrogen and oxygen atoms in total. The number of carbonyl (C=O) groups is 1. The van der Waals surface area contributed by atoms with E-state index in [4.69, 9.17) is 5.73 Å². The predicted octanol–water partition coefficient (Wildman–Crippen LogP) is 1.60. The summed E-state index contributed by atoms with van der Waals surface area (Å²) in [6, 6.07) is 0.105. The highest BCUT2D eigenvalue weighted by Crippen LogP contribution is 2.12. The fourth-order valence-corrected chi connectivity index (χ4v) is 2.27. The molecule has 1 unspecified atom stereocenters. The number of rotatable bonds is 7. The molecule has 1 fully saturated rings. The van der Waals surface area contributed by atoms with Gasteiger partial charge in [-0.3, -0.25) is 9.69 Å². The third-order valence-corrected chi connectivity index (χ3v) is 3.52. The van der Waals surface area contributed by atoms with Crippen LogP contribution in [0.1, 0.15) is 26.7 Å². The zero-order chi connectivity index (χ0) is 15.0. The van der Waals surface area contributed by atoms with Gasteiger partial charge in [0.15, 0.2) is 0 Å². The van der Waals surface area contributed by atoms with Crippen molar-refractivity contribution in [3.05, 3.63) is 36.0 Å². The Morgan fingerprint density at radius 3 is 2.95 bits per heavy atom. The van der Waals surface area contributed by atoms with Crippen LogP contribution in [0.15, 0.2) is 36.0 Å². The highest BCUT2D eigenvalue weighted by Gasteiger charge is 2.18. The van der Waals surface area contributed by atoms with Gasteiger partial charge in [-0.1, -0.05) is 36.0 Å². The standard InChI is InChI=1S/C16H27N3O/c1-4-13(3)10-14(5-2)6-7-15(17)11-19-9-8-18-16(20)12-19/h4-5,10,15H,1,6-9,11-12,17H2,2-3H3,(H,18,20)/b13-10-,14-5-. The summed E-state index contributed by atoms with van der Waals surface area (Å²) in [5, 5.41) is 2.82. The van der Waals surface area contributed by atoms with Crippen LogP contribution in [-0.2, 0) is 4.79 Å². The molecule has 1 atom stereocenters. The number of hydrogen-bond acceptors (Lipinski definition) is 3. The monoisotopic (exact) mass is 277 g/mol. The van der Waals surface area contributed by atoms with E-state index in [0.717, 1.165) is 32.5 Å². The van der Waals surface area contributed by atoms with Gasteiger partial charge >= 0.3 is 0 Å². The zero-order valence-corrected chi connectivity index (χ0v) is 12.7. The van der Waals surface area contributed by atoms with Gasteiger partial charge < -0.3 is 11.1 Å². The molecule has 1 aliphatic heterocycles. The Kier molecular flexibility index (Phi) is 7.26. The summed E-state index contributed by atoms with van der Waals surface area (Å²) >= 11 is 0. The van der Waals surface area contributed by atoms with E-state index >= 15 is 0 Å². The van der Waals surface area contributed by atoms with Gasteiger partial charge in [-0.05, 0) is 26.7 Å². The molecule has 0 radical (unpaired) electrons. The van der Waals surface area contributed by atoms with Gasteiger partial charge in [-0.25, -0.2) is 0 Å². The van der Waals surface area contributed by atoms with Crippen molar-refractivity contribution in [2.45, 2.75) is 32.7 Å². The minimum Gasteiger partial charge on any atom is -0.354 e. The summed E-state index contributed by atoms with van der Waals surface area (Å²) in [5.41, 5.74) is 8.63. The Morgan fingerprint density at radius 1 is 1.60 bits per heavy atom. The zero-order valence-electron chi connectivity index (χ0n) is 12.7. The Hall–Kier alpha value is -1.39. The molecule has 1 heterocycles. The number of carbonyl (C=O) groups excluding carboxylic acids is 1. The second kappa shape index (κ2) is 8.72. The molecule has 3 N–H and O–H groups in total. The first kappa shape index (κ1) is 16.7. The lowest BCUT2D eigenvalue weighted by Gasteiger charge is -2.28. The SMILES string of the molecule is C=C/C(C)=C\C(=C/C)CCC(N)CN1CCNC(=O)C1. The molecule has 0 aromatic heterocycles. The average Bonchev–Trinajstić information content (AvgIpc) is 2.43. The summed E-state index contributed by atoms with van der Waals surface area (Å²) in [4.78, 5) is 13.4. The van der Waals surface area contributed by atoms with Gasteiger partial charge in [-0.2, -0.15) is 0 Å². The van der Waals surface area contributed by atoms with Crippen LogP contribution in [0, 0.1) is 0 Å². The van der Waals surface area contributed by atoms with Gasteiger partial charge in [0.1, 0.15) is 0 Å². The van der Waals surface area contributed by atoms with Crippen LogP contribution in [0.25, 0.3) is 0 Å². The Bertz CT molecular complexity index is 399. The van der Waals surface area contributed by atoms with Crippen molar-refractivity contribution in [2.24, 2.45) is 5.73 Å². The number of nitrogens with two attached hydrogens (primary N) is 1. The predicted molar refractivity (Wildman–Crippen MR) is 84.4 cm³/mol. The van der Waals surface area contributed by atoms with E-state index in [0.29, 0.717) is 6.54 Å². The first-order valence-corrected chi connectivity index (χ1v) is 7.25. The van der Waals surface area contributed by atoms with Crippen molar-refractivity contribution in [3.8, 4) is 0 Å². The van der Waals surface area contributed by atoms with E-state index in [1.54, 1.807) is 0 Å². The van der Waals surface area contributed by atoms with Crippen LogP contribution >= 0.6 is 0 Å². The summed E-state index contributed by atoms with van der Waals surface area (Å²) in [7, 11) is 0. The van der Waals surface area contributed by atoms with E-state index in [9.17, 15) is 4.79 Å². The second-order valence-electron chi connectivity index (χ2n) is 5.34. The molecule has 0 saturated carbocycles. The van der Waals surface area contributed by atoms with Crippen molar-refractivity contribution >= 4 is 5.91 Å². The van der Waals surface area contributed by atoms with Crippen molar-refractivity contribution < 1.29 is 4.79 Å².